The number of hydrogen-bond acceptors (Lipinski definition) is 6. The number of nitrogens with one attached hydrogen (secondary N) is 2. The summed E-state index contributed by atoms with van der Waals surface area (Å²) < 4.78 is 108. The number of amides is 3. The zero-order chi connectivity index (χ0) is 39.1. The van der Waals surface area contributed by atoms with Gasteiger partial charge in [0.1, 0.15) is 25.2 Å². The third kappa shape index (κ3) is 9.45. The van der Waals surface area contributed by atoms with E-state index >= 15 is 8.78 Å². The van der Waals surface area contributed by atoms with Crippen molar-refractivity contribution in [1.29, 1.82) is 0 Å². The van der Waals surface area contributed by atoms with Crippen LogP contribution in [0.5, 0.6) is 0 Å². The van der Waals surface area contributed by atoms with Crippen molar-refractivity contribution in [1.82, 2.24) is 15.5 Å². The summed E-state index contributed by atoms with van der Waals surface area (Å²) >= 11 is 0. The average molecular weight is 754 g/mol. The first-order chi connectivity index (χ1) is 24.9. The molecule has 0 radical (unpaired) electrons. The van der Waals surface area contributed by atoms with Gasteiger partial charge in [0.2, 0.25) is 11.8 Å². The van der Waals surface area contributed by atoms with Crippen molar-refractivity contribution in [2.24, 2.45) is 5.92 Å². The first kappa shape index (κ1) is 40.6. The summed E-state index contributed by atoms with van der Waals surface area (Å²) in [5, 5.41) is 4.30. The smallest absolute Gasteiger partial charge is 0.459 e. The van der Waals surface area contributed by atoms with Crippen molar-refractivity contribution >= 4 is 23.9 Å². The molecule has 286 valence electrons. The van der Waals surface area contributed by atoms with E-state index in [1.165, 1.54) is 24.3 Å². The van der Waals surface area contributed by atoms with E-state index < -0.39 is 79.4 Å². The summed E-state index contributed by atoms with van der Waals surface area (Å²) in [5.74, 6) is -17.2. The Kier molecular flexibility index (Phi) is 12.8. The van der Waals surface area contributed by atoms with Gasteiger partial charge in [-0.05, 0) is 40.2 Å². The molecular formula is C37H38F7N3O6. The van der Waals surface area contributed by atoms with Gasteiger partial charge in [-0.15, -0.1) is 0 Å². The number of rotatable bonds is 15. The molecule has 0 spiro atoms. The van der Waals surface area contributed by atoms with Crippen molar-refractivity contribution in [3.8, 4) is 11.1 Å². The molecule has 3 aromatic rings. The van der Waals surface area contributed by atoms with Crippen molar-refractivity contribution in [2.45, 2.75) is 62.7 Å². The number of nitrogens with zero attached hydrogens (tertiary/aromatic N) is 1. The zero-order valence-electron chi connectivity index (χ0n) is 28.9. The molecule has 0 aliphatic heterocycles. The number of carbonyl (C=O) groups is 4. The minimum atomic E-state index is -6.74. The number of ether oxygens (including phenoxy) is 2. The summed E-state index contributed by atoms with van der Waals surface area (Å²) in [4.78, 5) is 52.5. The van der Waals surface area contributed by atoms with E-state index in [0.717, 1.165) is 29.4 Å². The predicted molar refractivity (Wildman–Crippen MR) is 178 cm³/mol. The van der Waals surface area contributed by atoms with Crippen molar-refractivity contribution in [3.63, 3.8) is 0 Å². The second kappa shape index (κ2) is 16.7. The van der Waals surface area contributed by atoms with Crippen LogP contribution in [0.3, 0.4) is 0 Å². The van der Waals surface area contributed by atoms with Crippen LogP contribution in [0.25, 0.3) is 11.1 Å². The van der Waals surface area contributed by atoms with Crippen LogP contribution in [-0.4, -0.2) is 85.7 Å². The van der Waals surface area contributed by atoms with Gasteiger partial charge in [-0.3, -0.25) is 9.59 Å². The molecule has 0 heterocycles. The molecule has 0 saturated heterocycles. The molecule has 16 heteroatoms. The number of alkyl halides is 7. The summed E-state index contributed by atoms with van der Waals surface area (Å²) in [6.07, 6.45) is -8.68. The number of esters is 1. The van der Waals surface area contributed by atoms with Crippen LogP contribution in [0.4, 0.5) is 35.5 Å². The molecule has 3 amide bonds. The van der Waals surface area contributed by atoms with Crippen molar-refractivity contribution < 1.29 is 59.4 Å². The molecule has 2 atom stereocenters. The Labute approximate surface area is 300 Å². The van der Waals surface area contributed by atoms with Crippen molar-refractivity contribution in [2.75, 3.05) is 26.8 Å². The van der Waals surface area contributed by atoms with Crippen LogP contribution in [0, 0.1) is 5.92 Å². The molecule has 1 aliphatic rings. The predicted octanol–water partition coefficient (Wildman–Crippen LogP) is 6.50. The molecule has 53 heavy (non-hydrogen) atoms. The summed E-state index contributed by atoms with van der Waals surface area (Å²) in [7, 11) is 1.01. The Morgan fingerprint density at radius 1 is 0.811 bits per heavy atom. The van der Waals surface area contributed by atoms with E-state index in [1.807, 2.05) is 41.7 Å². The monoisotopic (exact) mass is 753 g/mol. The Hall–Kier alpha value is -5.15. The second-order valence-corrected chi connectivity index (χ2v) is 12.9. The van der Waals surface area contributed by atoms with E-state index in [-0.39, 0.29) is 29.4 Å². The highest BCUT2D eigenvalue weighted by molar-refractivity contribution is 5.92. The van der Waals surface area contributed by atoms with E-state index in [0.29, 0.717) is 0 Å². The largest absolute Gasteiger partial charge is 0.467 e. The number of methoxy groups -OCH3 is 1. The molecular weight excluding hydrogens is 715 g/mol. The summed E-state index contributed by atoms with van der Waals surface area (Å²) in [6.45, 7) is -0.724. The third-order valence-electron chi connectivity index (χ3n) is 8.69. The third-order valence-corrected chi connectivity index (χ3v) is 8.69. The zero-order valence-corrected chi connectivity index (χ0v) is 28.9. The number of carbonyl (C=O) groups excluding carboxylic acids is 4. The van der Waals surface area contributed by atoms with Crippen LogP contribution >= 0.6 is 0 Å². The van der Waals surface area contributed by atoms with Gasteiger partial charge in [-0.25, -0.2) is 9.59 Å². The maximum atomic E-state index is 15.0. The second-order valence-electron chi connectivity index (χ2n) is 12.9. The maximum absolute atomic E-state index is 15.0. The summed E-state index contributed by atoms with van der Waals surface area (Å²) in [6, 6.07) is 18.4. The van der Waals surface area contributed by atoms with Gasteiger partial charge in [-0.2, -0.15) is 30.7 Å². The molecule has 0 aromatic heterocycles. The Morgan fingerprint density at radius 2 is 1.36 bits per heavy atom. The molecule has 9 nitrogen and oxygen atoms in total. The first-order valence-corrected chi connectivity index (χ1v) is 16.5. The molecule has 0 saturated carbocycles. The molecule has 2 N–H and O–H groups in total. The summed E-state index contributed by atoms with van der Waals surface area (Å²) in [5.41, 5.74) is 3.69. The fraction of sp³-hybridized carbons (Fsp3) is 0.405. The Morgan fingerprint density at radius 3 is 1.89 bits per heavy atom. The van der Waals surface area contributed by atoms with Gasteiger partial charge < -0.3 is 25.0 Å². The highest BCUT2D eigenvalue weighted by Gasteiger charge is 2.73. The topological polar surface area (TPSA) is 114 Å². The Balaban J connectivity index is 1.61. The fourth-order valence-corrected chi connectivity index (χ4v) is 6.07. The van der Waals surface area contributed by atoms with Crippen LogP contribution in [0.2, 0.25) is 0 Å². The lowest BCUT2D eigenvalue weighted by molar-refractivity contribution is -0.356. The lowest BCUT2D eigenvalue weighted by atomic mass is 9.98. The molecule has 0 unspecified atom stereocenters. The van der Waals surface area contributed by atoms with E-state index in [9.17, 15) is 41.1 Å². The molecule has 0 fully saturated rings. The van der Waals surface area contributed by atoms with E-state index in [1.54, 1.807) is 32.0 Å². The minimum Gasteiger partial charge on any atom is -0.467 e. The van der Waals surface area contributed by atoms with Crippen LogP contribution in [-0.2, 0) is 30.3 Å². The van der Waals surface area contributed by atoms with Crippen molar-refractivity contribution in [3.05, 3.63) is 95.6 Å². The number of hydrogen-bond donors (Lipinski definition) is 2. The normalized spacial score (nSPS) is 14.1. The van der Waals surface area contributed by atoms with Gasteiger partial charge in [0.25, 0.3) is 0 Å². The van der Waals surface area contributed by atoms with Crippen LogP contribution in [0.1, 0.15) is 42.9 Å². The lowest BCUT2D eigenvalue weighted by Gasteiger charge is -2.37. The maximum Gasteiger partial charge on any atom is 0.459 e. The first-order valence-electron chi connectivity index (χ1n) is 16.5. The highest BCUT2D eigenvalue weighted by Crippen LogP contribution is 2.47. The van der Waals surface area contributed by atoms with Gasteiger partial charge in [0, 0.05) is 12.3 Å². The SMILES string of the molecule is COC(=O)[C@H](CC(C)C)NC(=O)[C@H](Cc1ccccc1)N(CC(F)(F)C(F)(F)C(F)(F)F)C(=O)CNC(=O)OCC1c2ccccc2-c2ccccc21. The van der Waals surface area contributed by atoms with Gasteiger partial charge in [0.15, 0.2) is 0 Å². The quantitative estimate of drug-likeness (QED) is 0.135. The van der Waals surface area contributed by atoms with E-state index in [2.05, 4.69) is 5.32 Å². The molecule has 4 rings (SSSR count). The standard InChI is InChI=1S/C37H38F7N3O6/c1-22(2)17-29(33(50)52-3)46-32(49)30(18-23-11-5-4-6-12-23)47(21-35(38,39)36(40,41)37(42,43)44)31(48)19-45-34(51)53-20-28-26-15-9-7-13-24(26)25-14-8-10-16-27(25)28/h4-16,22,28-30H,17-21H2,1-3H3,(H,45,51)(H,46,49)/t29-,30-/m0/s1. The average Bonchev–Trinajstić information content (AvgIpc) is 3.43. The number of alkyl carbamates (subject to hydrolysis) is 1. The Bertz CT molecular complexity index is 1730. The lowest BCUT2D eigenvalue weighted by Crippen LogP contribution is -2.63. The molecule has 1 aliphatic carbocycles. The van der Waals surface area contributed by atoms with Gasteiger partial charge in [0.05, 0.1) is 13.7 Å². The van der Waals surface area contributed by atoms with Crippen LogP contribution in [0.15, 0.2) is 78.9 Å². The fourth-order valence-electron chi connectivity index (χ4n) is 6.07. The van der Waals surface area contributed by atoms with E-state index in [4.69, 9.17) is 9.47 Å². The minimum absolute atomic E-state index is 0.0456. The highest BCUT2D eigenvalue weighted by atomic mass is 19.4. The van der Waals surface area contributed by atoms with Gasteiger partial charge >= 0.3 is 30.1 Å². The molecule has 3 aromatic carbocycles. The number of fused-ring (bicyclic) bond motifs is 3. The number of benzene rings is 3. The van der Waals surface area contributed by atoms with Gasteiger partial charge in [-0.1, -0.05) is 92.7 Å². The number of halogens is 7. The van der Waals surface area contributed by atoms with Crippen LogP contribution < -0.4 is 10.6 Å². The molecule has 0 bridgehead atoms.